The molecule has 0 aliphatic heterocycles. The van der Waals surface area contributed by atoms with Crippen molar-refractivity contribution in [3.8, 4) is 0 Å². The Morgan fingerprint density at radius 3 is 1.24 bits per heavy atom. The smallest absolute Gasteiger partial charge is 0.155 e. The second kappa shape index (κ2) is 20.7. The van der Waals surface area contributed by atoms with E-state index in [1.165, 1.54) is 109 Å². The van der Waals surface area contributed by atoms with Crippen LogP contribution in [0.4, 0.5) is 0 Å². The summed E-state index contributed by atoms with van der Waals surface area (Å²) >= 11 is 0. The lowest BCUT2D eigenvalue weighted by molar-refractivity contribution is -0.0195. The van der Waals surface area contributed by atoms with Gasteiger partial charge in [-0.1, -0.05) is 110 Å². The van der Waals surface area contributed by atoms with E-state index in [4.69, 9.17) is 10.2 Å². The van der Waals surface area contributed by atoms with Crippen LogP contribution in [0.15, 0.2) is 0 Å². The van der Waals surface area contributed by atoms with E-state index in [2.05, 4.69) is 13.8 Å². The predicted molar refractivity (Wildman–Crippen MR) is 115 cm³/mol. The van der Waals surface area contributed by atoms with Crippen LogP contribution in [0.1, 0.15) is 117 Å². The number of hydrogen-bond acceptors (Lipinski definition) is 2. The monoisotopic (exact) mass is 374 g/mol. The van der Waals surface area contributed by atoms with Crippen molar-refractivity contribution in [2.75, 3.05) is 18.5 Å². The minimum absolute atomic E-state index is 0.141. The van der Waals surface area contributed by atoms with Crippen molar-refractivity contribution >= 4 is 7.92 Å². The van der Waals surface area contributed by atoms with Crippen molar-refractivity contribution in [2.24, 2.45) is 0 Å². The van der Waals surface area contributed by atoms with Crippen molar-refractivity contribution in [1.29, 1.82) is 0 Å². The topological polar surface area (TPSA) is 40.5 Å². The normalized spacial score (nSPS) is 12.8. The van der Waals surface area contributed by atoms with E-state index in [0.29, 0.717) is 6.16 Å². The Balaban J connectivity index is 3.14. The fourth-order valence-corrected chi connectivity index (χ4v) is 5.38. The summed E-state index contributed by atoms with van der Waals surface area (Å²) in [6.45, 7) is 4.47. The molecule has 0 heterocycles. The zero-order chi connectivity index (χ0) is 18.6. The largest absolute Gasteiger partial charge is 0.368 e. The van der Waals surface area contributed by atoms with Gasteiger partial charge in [-0.25, -0.2) is 0 Å². The first-order valence-electron chi connectivity index (χ1n) is 11.3. The first kappa shape index (κ1) is 25.4. The van der Waals surface area contributed by atoms with Gasteiger partial charge in [0.2, 0.25) is 0 Å². The second-order valence-electron chi connectivity index (χ2n) is 7.68. The molecular formula is C22H47O2P. The van der Waals surface area contributed by atoms with E-state index in [9.17, 15) is 0 Å². The highest BCUT2D eigenvalue weighted by atomic mass is 31.1. The van der Waals surface area contributed by atoms with Crippen LogP contribution in [-0.2, 0) is 0 Å². The molecule has 0 fully saturated rings. The number of unbranched alkanes of at least 4 members (excludes halogenated alkanes) is 15. The summed E-state index contributed by atoms with van der Waals surface area (Å²) in [6.07, 6.45) is 24.5. The third-order valence-electron chi connectivity index (χ3n) is 5.20. The highest BCUT2D eigenvalue weighted by Gasteiger charge is 2.09. The van der Waals surface area contributed by atoms with Crippen molar-refractivity contribution in [2.45, 2.75) is 123 Å². The number of rotatable bonds is 20. The summed E-state index contributed by atoms with van der Waals surface area (Å²) in [6, 6.07) is 0. The van der Waals surface area contributed by atoms with Gasteiger partial charge in [-0.05, 0) is 18.7 Å². The maximum atomic E-state index is 9.06. The van der Waals surface area contributed by atoms with Gasteiger partial charge in [0.05, 0.1) is 0 Å². The Labute approximate surface area is 159 Å². The second-order valence-corrected chi connectivity index (χ2v) is 10.5. The van der Waals surface area contributed by atoms with E-state index in [1.807, 2.05) is 0 Å². The van der Waals surface area contributed by atoms with Gasteiger partial charge in [-0.15, -0.1) is 7.92 Å². The molecule has 0 saturated carbocycles. The Kier molecular flexibility index (Phi) is 20.9. The third kappa shape index (κ3) is 20.5. The molecule has 0 aliphatic carbocycles. The maximum absolute atomic E-state index is 9.06. The quantitative estimate of drug-likeness (QED) is 0.136. The molecule has 2 nitrogen and oxygen atoms in total. The lowest BCUT2D eigenvalue weighted by Crippen LogP contribution is -2.11. The summed E-state index contributed by atoms with van der Waals surface area (Å²) in [4.78, 5) is 0. The minimum atomic E-state index is -1.09. The molecule has 0 aromatic heterocycles. The number of hydrogen-bond donors (Lipinski definition) is 2. The van der Waals surface area contributed by atoms with E-state index in [1.54, 1.807) is 0 Å². The molecule has 0 radical (unpaired) electrons. The Morgan fingerprint density at radius 1 is 0.560 bits per heavy atom. The summed E-state index contributed by atoms with van der Waals surface area (Å²) in [5.41, 5.74) is 0. The zero-order valence-corrected chi connectivity index (χ0v) is 18.2. The van der Waals surface area contributed by atoms with Crippen LogP contribution in [0.5, 0.6) is 0 Å². The zero-order valence-electron chi connectivity index (χ0n) is 17.4. The molecule has 0 aromatic carbocycles. The Morgan fingerprint density at radius 2 is 0.920 bits per heavy atom. The standard InChI is InChI=1S/C22H47O2P/c1-3-5-6-7-8-9-10-11-12-13-14-15-16-17-18-19-20-25(4-2)21-22(23)24/h22-24H,3-21H2,1-2H3. The molecule has 1 atom stereocenters. The van der Waals surface area contributed by atoms with Gasteiger partial charge in [0.15, 0.2) is 6.29 Å². The van der Waals surface area contributed by atoms with E-state index in [0.717, 1.165) is 6.16 Å². The van der Waals surface area contributed by atoms with Crippen LogP contribution < -0.4 is 0 Å². The molecule has 152 valence electrons. The fraction of sp³-hybridized carbons (Fsp3) is 1.00. The summed E-state index contributed by atoms with van der Waals surface area (Å²) in [5, 5.41) is 18.1. The molecule has 1 unspecified atom stereocenters. The Bertz CT molecular complexity index is 246. The molecule has 0 spiro atoms. The molecule has 0 rings (SSSR count). The van der Waals surface area contributed by atoms with Crippen molar-refractivity contribution < 1.29 is 10.2 Å². The van der Waals surface area contributed by atoms with Crippen LogP contribution in [0.3, 0.4) is 0 Å². The SMILES string of the molecule is CCCCCCCCCCCCCCCCCCP(CC)CC(O)O. The van der Waals surface area contributed by atoms with Gasteiger partial charge in [0.25, 0.3) is 0 Å². The third-order valence-corrected chi connectivity index (χ3v) is 7.88. The predicted octanol–water partition coefficient (Wildman–Crippen LogP) is 7.06. The molecule has 0 saturated heterocycles. The summed E-state index contributed by atoms with van der Waals surface area (Å²) in [7, 11) is -0.141. The van der Waals surface area contributed by atoms with Gasteiger partial charge in [0, 0.05) is 6.16 Å². The van der Waals surface area contributed by atoms with Crippen LogP contribution >= 0.6 is 7.92 Å². The first-order valence-corrected chi connectivity index (χ1v) is 13.2. The fourth-order valence-electron chi connectivity index (χ4n) is 3.49. The molecule has 25 heavy (non-hydrogen) atoms. The van der Waals surface area contributed by atoms with Gasteiger partial charge in [-0.3, -0.25) is 0 Å². The highest BCUT2D eigenvalue weighted by Crippen LogP contribution is 2.36. The lowest BCUT2D eigenvalue weighted by Gasteiger charge is -2.16. The van der Waals surface area contributed by atoms with Crippen LogP contribution in [-0.4, -0.2) is 35.0 Å². The highest BCUT2D eigenvalue weighted by molar-refractivity contribution is 7.57. The van der Waals surface area contributed by atoms with Gasteiger partial charge in [-0.2, -0.15) is 0 Å². The van der Waals surface area contributed by atoms with Gasteiger partial charge in [0.1, 0.15) is 0 Å². The number of aliphatic hydroxyl groups is 2. The molecule has 3 heteroatoms. The van der Waals surface area contributed by atoms with Gasteiger partial charge < -0.3 is 10.2 Å². The van der Waals surface area contributed by atoms with Crippen molar-refractivity contribution in [1.82, 2.24) is 0 Å². The molecule has 0 bridgehead atoms. The van der Waals surface area contributed by atoms with Crippen LogP contribution in [0.2, 0.25) is 0 Å². The minimum Gasteiger partial charge on any atom is -0.368 e. The van der Waals surface area contributed by atoms with Crippen molar-refractivity contribution in [3.05, 3.63) is 0 Å². The molecule has 0 aliphatic rings. The van der Waals surface area contributed by atoms with Crippen molar-refractivity contribution in [3.63, 3.8) is 0 Å². The van der Waals surface area contributed by atoms with Crippen LogP contribution in [0, 0.1) is 0 Å². The number of aliphatic hydroxyl groups excluding tert-OH is 1. The lowest BCUT2D eigenvalue weighted by atomic mass is 10.0. The maximum Gasteiger partial charge on any atom is 0.155 e. The summed E-state index contributed by atoms with van der Waals surface area (Å²) in [5.74, 6) is 0. The van der Waals surface area contributed by atoms with Crippen LogP contribution in [0.25, 0.3) is 0 Å². The molecular weight excluding hydrogens is 327 g/mol. The average molecular weight is 375 g/mol. The average Bonchev–Trinajstić information content (AvgIpc) is 2.60. The first-order chi connectivity index (χ1) is 12.2. The molecule has 0 aromatic rings. The van der Waals surface area contributed by atoms with E-state index in [-0.39, 0.29) is 7.92 Å². The molecule has 0 amide bonds. The Hall–Kier alpha value is 0.350. The summed E-state index contributed by atoms with van der Waals surface area (Å²) < 4.78 is 0. The molecule has 2 N–H and O–H groups in total. The van der Waals surface area contributed by atoms with E-state index >= 15 is 0 Å². The van der Waals surface area contributed by atoms with Gasteiger partial charge >= 0.3 is 0 Å². The van der Waals surface area contributed by atoms with E-state index < -0.39 is 6.29 Å².